The van der Waals surface area contributed by atoms with Crippen LogP contribution in [0.15, 0.2) is 18.2 Å². The SMILES string of the molecule is COc1ccc(CC#N)cc1[C@H](N)C(F)(F)F. The van der Waals surface area contributed by atoms with E-state index in [0.29, 0.717) is 5.56 Å². The van der Waals surface area contributed by atoms with Crippen LogP contribution < -0.4 is 10.5 Å². The van der Waals surface area contributed by atoms with E-state index in [9.17, 15) is 13.2 Å². The second-order valence-electron chi connectivity index (χ2n) is 3.43. The molecule has 0 spiro atoms. The third-order valence-electron chi connectivity index (χ3n) is 2.26. The number of methoxy groups -OCH3 is 1. The standard InChI is InChI=1S/C11H11F3N2O/c1-17-9-3-2-7(4-5-15)6-8(9)10(16)11(12,13)14/h2-3,6,10H,4,16H2,1H3/t10-/m0/s1. The molecule has 1 aromatic rings. The Balaban J connectivity index is 3.19. The minimum Gasteiger partial charge on any atom is -0.496 e. The molecule has 0 unspecified atom stereocenters. The van der Waals surface area contributed by atoms with Crippen LogP contribution in [0.25, 0.3) is 0 Å². The second-order valence-corrected chi connectivity index (χ2v) is 3.43. The number of ether oxygens (including phenoxy) is 1. The first-order valence-electron chi connectivity index (χ1n) is 4.76. The van der Waals surface area contributed by atoms with Gasteiger partial charge in [0.05, 0.1) is 19.6 Å². The Morgan fingerprint density at radius 1 is 1.47 bits per heavy atom. The highest BCUT2D eigenvalue weighted by Gasteiger charge is 2.39. The maximum Gasteiger partial charge on any atom is 0.407 e. The summed E-state index contributed by atoms with van der Waals surface area (Å²) in [7, 11) is 1.27. The van der Waals surface area contributed by atoms with Crippen molar-refractivity contribution >= 4 is 0 Å². The zero-order chi connectivity index (χ0) is 13.1. The number of halogens is 3. The van der Waals surface area contributed by atoms with Crippen LogP contribution in [-0.2, 0) is 6.42 Å². The number of nitrogens with zero attached hydrogens (tertiary/aromatic N) is 1. The van der Waals surface area contributed by atoms with Crippen molar-refractivity contribution in [3.05, 3.63) is 29.3 Å². The molecule has 0 aliphatic heterocycles. The predicted octanol–water partition coefficient (Wildman–Crippen LogP) is 2.32. The monoisotopic (exact) mass is 244 g/mol. The molecular weight excluding hydrogens is 233 g/mol. The Labute approximate surface area is 96.6 Å². The van der Waals surface area contributed by atoms with Crippen LogP contribution in [0.1, 0.15) is 17.2 Å². The van der Waals surface area contributed by atoms with Gasteiger partial charge in [0.1, 0.15) is 11.8 Å². The summed E-state index contributed by atoms with van der Waals surface area (Å²) in [6, 6.07) is 3.92. The van der Waals surface area contributed by atoms with Crippen molar-refractivity contribution in [3.63, 3.8) is 0 Å². The topological polar surface area (TPSA) is 59.0 Å². The van der Waals surface area contributed by atoms with E-state index in [1.54, 1.807) is 0 Å². The quantitative estimate of drug-likeness (QED) is 0.887. The fourth-order valence-electron chi connectivity index (χ4n) is 1.40. The third kappa shape index (κ3) is 3.11. The van der Waals surface area contributed by atoms with E-state index in [1.807, 2.05) is 6.07 Å². The van der Waals surface area contributed by atoms with Gasteiger partial charge in [-0.15, -0.1) is 0 Å². The average molecular weight is 244 g/mol. The zero-order valence-corrected chi connectivity index (χ0v) is 9.08. The molecule has 1 aromatic carbocycles. The Hall–Kier alpha value is -1.74. The molecule has 0 amide bonds. The van der Waals surface area contributed by atoms with Crippen molar-refractivity contribution in [1.29, 1.82) is 5.26 Å². The molecule has 0 bridgehead atoms. The van der Waals surface area contributed by atoms with Gasteiger partial charge < -0.3 is 10.5 Å². The molecule has 3 nitrogen and oxygen atoms in total. The highest BCUT2D eigenvalue weighted by molar-refractivity contribution is 5.40. The highest BCUT2D eigenvalue weighted by atomic mass is 19.4. The lowest BCUT2D eigenvalue weighted by atomic mass is 10.0. The summed E-state index contributed by atoms with van der Waals surface area (Å²) >= 11 is 0. The van der Waals surface area contributed by atoms with E-state index >= 15 is 0 Å². The fourth-order valence-corrected chi connectivity index (χ4v) is 1.40. The van der Waals surface area contributed by atoms with Crippen LogP contribution in [0, 0.1) is 11.3 Å². The number of hydrogen-bond acceptors (Lipinski definition) is 3. The van der Waals surface area contributed by atoms with Gasteiger partial charge in [0.15, 0.2) is 0 Å². The molecule has 17 heavy (non-hydrogen) atoms. The molecular formula is C11H11F3N2O. The molecule has 0 aliphatic carbocycles. The summed E-state index contributed by atoms with van der Waals surface area (Å²) < 4.78 is 42.4. The summed E-state index contributed by atoms with van der Waals surface area (Å²) in [5.74, 6) is 0.0662. The maximum absolute atomic E-state index is 12.5. The van der Waals surface area contributed by atoms with E-state index in [0.717, 1.165) is 0 Å². The lowest BCUT2D eigenvalue weighted by Gasteiger charge is -2.19. The van der Waals surface area contributed by atoms with Crippen molar-refractivity contribution in [2.24, 2.45) is 5.73 Å². The van der Waals surface area contributed by atoms with Gasteiger partial charge in [-0.05, 0) is 17.7 Å². The first-order valence-corrected chi connectivity index (χ1v) is 4.76. The van der Waals surface area contributed by atoms with Gasteiger partial charge >= 0.3 is 6.18 Å². The van der Waals surface area contributed by atoms with Gasteiger partial charge in [0.25, 0.3) is 0 Å². The van der Waals surface area contributed by atoms with E-state index in [2.05, 4.69) is 0 Å². The third-order valence-corrected chi connectivity index (χ3v) is 2.26. The molecule has 92 valence electrons. The number of benzene rings is 1. The average Bonchev–Trinajstić information content (AvgIpc) is 2.27. The molecule has 0 saturated carbocycles. The Morgan fingerprint density at radius 3 is 2.59 bits per heavy atom. The lowest BCUT2D eigenvalue weighted by Crippen LogP contribution is -2.29. The van der Waals surface area contributed by atoms with E-state index in [-0.39, 0.29) is 17.7 Å². The Morgan fingerprint density at radius 2 is 2.12 bits per heavy atom. The van der Waals surface area contributed by atoms with Crippen LogP contribution in [-0.4, -0.2) is 13.3 Å². The van der Waals surface area contributed by atoms with Gasteiger partial charge in [-0.2, -0.15) is 18.4 Å². The van der Waals surface area contributed by atoms with Crippen molar-refractivity contribution < 1.29 is 17.9 Å². The summed E-state index contributed by atoms with van der Waals surface area (Å²) in [5.41, 5.74) is 5.44. The number of nitriles is 1. The van der Waals surface area contributed by atoms with Gasteiger partial charge in [-0.3, -0.25) is 0 Å². The second kappa shape index (κ2) is 5.06. The fraction of sp³-hybridized carbons (Fsp3) is 0.364. The molecule has 0 radical (unpaired) electrons. The lowest BCUT2D eigenvalue weighted by molar-refractivity contribution is -0.149. The van der Waals surface area contributed by atoms with Crippen LogP contribution in [0.5, 0.6) is 5.75 Å². The molecule has 0 heterocycles. The smallest absolute Gasteiger partial charge is 0.407 e. The molecule has 0 aromatic heterocycles. The van der Waals surface area contributed by atoms with Crippen LogP contribution >= 0.6 is 0 Å². The summed E-state index contributed by atoms with van der Waals surface area (Å²) in [4.78, 5) is 0. The first-order chi connectivity index (χ1) is 7.90. The van der Waals surface area contributed by atoms with Gasteiger partial charge in [-0.25, -0.2) is 0 Å². The van der Waals surface area contributed by atoms with Crippen molar-refractivity contribution in [2.75, 3.05) is 7.11 Å². The number of alkyl halides is 3. The van der Waals surface area contributed by atoms with E-state index in [4.69, 9.17) is 15.7 Å². The molecule has 0 aliphatic rings. The molecule has 0 fully saturated rings. The number of hydrogen-bond donors (Lipinski definition) is 1. The zero-order valence-electron chi connectivity index (χ0n) is 9.08. The summed E-state index contributed by atoms with van der Waals surface area (Å²) in [5, 5.41) is 8.50. The Bertz CT molecular complexity index is 437. The molecule has 1 rings (SSSR count). The van der Waals surface area contributed by atoms with Crippen LogP contribution in [0.3, 0.4) is 0 Å². The predicted molar refractivity (Wildman–Crippen MR) is 55.3 cm³/mol. The van der Waals surface area contributed by atoms with Gasteiger partial charge in [0, 0.05) is 5.56 Å². The van der Waals surface area contributed by atoms with Gasteiger partial charge in [-0.1, -0.05) is 6.07 Å². The largest absolute Gasteiger partial charge is 0.496 e. The first kappa shape index (κ1) is 13.3. The maximum atomic E-state index is 12.5. The van der Waals surface area contributed by atoms with Crippen molar-refractivity contribution in [3.8, 4) is 11.8 Å². The van der Waals surface area contributed by atoms with E-state index < -0.39 is 12.2 Å². The number of nitrogens with two attached hydrogens (primary N) is 1. The van der Waals surface area contributed by atoms with Crippen molar-refractivity contribution in [2.45, 2.75) is 18.6 Å². The summed E-state index contributed by atoms with van der Waals surface area (Å²) in [6.45, 7) is 0. The van der Waals surface area contributed by atoms with Crippen molar-refractivity contribution in [1.82, 2.24) is 0 Å². The Kier molecular flexibility index (Phi) is 3.97. The molecule has 0 saturated heterocycles. The molecule has 6 heteroatoms. The minimum absolute atomic E-state index is 0.0293. The van der Waals surface area contributed by atoms with Gasteiger partial charge in [0.2, 0.25) is 0 Å². The molecule has 2 N–H and O–H groups in total. The van der Waals surface area contributed by atoms with E-state index in [1.165, 1.54) is 25.3 Å². The summed E-state index contributed by atoms with van der Waals surface area (Å²) in [6.07, 6.45) is -4.51. The normalized spacial score (nSPS) is 12.9. The minimum atomic E-state index is -4.54. The number of rotatable bonds is 3. The molecule has 1 atom stereocenters. The highest BCUT2D eigenvalue weighted by Crippen LogP contribution is 2.35. The van der Waals surface area contributed by atoms with Crippen LogP contribution in [0.2, 0.25) is 0 Å². The van der Waals surface area contributed by atoms with Crippen LogP contribution in [0.4, 0.5) is 13.2 Å².